The smallest absolute Gasteiger partial charge is 0.227 e. The van der Waals surface area contributed by atoms with Gasteiger partial charge < -0.3 is 14.8 Å². The number of amides is 2. The molecule has 0 aliphatic carbocycles. The van der Waals surface area contributed by atoms with Crippen molar-refractivity contribution in [1.29, 1.82) is 0 Å². The summed E-state index contributed by atoms with van der Waals surface area (Å²) in [6.07, 6.45) is 1.87. The Morgan fingerprint density at radius 3 is 2.79 bits per heavy atom. The molecule has 2 heterocycles. The first-order chi connectivity index (χ1) is 11.6. The minimum Gasteiger partial charge on any atom is -0.348 e. The molecule has 2 aromatic rings. The number of carbonyl (C=O) groups excluding carboxylic acids is 2. The first kappa shape index (κ1) is 16.2. The van der Waals surface area contributed by atoms with Crippen LogP contribution in [0.4, 0.5) is 5.69 Å². The monoisotopic (exact) mass is 327 g/mol. The van der Waals surface area contributed by atoms with Crippen LogP contribution in [0.15, 0.2) is 30.6 Å². The lowest BCUT2D eigenvalue weighted by Gasteiger charge is -2.17. The third kappa shape index (κ3) is 3.29. The molecule has 3 rings (SSSR count). The number of rotatable bonds is 5. The normalized spacial score (nSPS) is 17.3. The molecule has 1 atom stereocenters. The third-order valence-electron chi connectivity index (χ3n) is 4.30. The Labute approximate surface area is 140 Å². The fraction of sp³-hybridized carbons (Fsp3) is 0.412. The van der Waals surface area contributed by atoms with E-state index in [4.69, 9.17) is 0 Å². The highest BCUT2D eigenvalue weighted by atomic mass is 16.2. The van der Waals surface area contributed by atoms with Gasteiger partial charge in [0.25, 0.3) is 0 Å². The molecule has 7 nitrogen and oxygen atoms in total. The summed E-state index contributed by atoms with van der Waals surface area (Å²) in [5.41, 5.74) is 1.98. The Balaban J connectivity index is 1.60. The van der Waals surface area contributed by atoms with Crippen molar-refractivity contribution in [3.63, 3.8) is 0 Å². The van der Waals surface area contributed by atoms with E-state index in [0.29, 0.717) is 18.9 Å². The van der Waals surface area contributed by atoms with Crippen LogP contribution < -0.4 is 10.2 Å². The molecule has 0 unspecified atom stereocenters. The highest BCUT2D eigenvalue weighted by Crippen LogP contribution is 2.25. The lowest BCUT2D eigenvalue weighted by atomic mass is 10.1. The fourth-order valence-corrected chi connectivity index (χ4v) is 2.85. The number of aromatic nitrogens is 3. The Morgan fingerprint density at radius 2 is 2.08 bits per heavy atom. The van der Waals surface area contributed by atoms with Crippen molar-refractivity contribution in [2.75, 3.05) is 11.4 Å². The Hall–Kier alpha value is -2.70. The molecule has 0 bridgehead atoms. The van der Waals surface area contributed by atoms with E-state index in [-0.39, 0.29) is 24.2 Å². The summed E-state index contributed by atoms with van der Waals surface area (Å²) in [5.74, 6) is 0.238. The standard InChI is InChI=1S/C17H21N5O2/c1-3-21-11-19-20-15(21)9-18-17(24)13-8-16(23)22(10-13)14-6-4-12(2)5-7-14/h4-7,11,13H,3,8-10H2,1-2H3,(H,18,24)/t13-/m0/s1. The van der Waals surface area contributed by atoms with E-state index in [2.05, 4.69) is 15.5 Å². The van der Waals surface area contributed by atoms with Gasteiger partial charge in [-0.05, 0) is 26.0 Å². The SMILES string of the molecule is CCn1cnnc1CNC(=O)[C@H]1CC(=O)N(c2ccc(C)cc2)C1. The quantitative estimate of drug-likeness (QED) is 0.897. The predicted octanol–water partition coefficient (Wildman–Crippen LogP) is 1.28. The number of carbonyl (C=O) groups is 2. The van der Waals surface area contributed by atoms with Crippen molar-refractivity contribution >= 4 is 17.5 Å². The molecule has 1 aliphatic heterocycles. The molecule has 24 heavy (non-hydrogen) atoms. The van der Waals surface area contributed by atoms with Crippen LogP contribution in [0.3, 0.4) is 0 Å². The fourth-order valence-electron chi connectivity index (χ4n) is 2.85. The average molecular weight is 327 g/mol. The van der Waals surface area contributed by atoms with Gasteiger partial charge in [-0.15, -0.1) is 10.2 Å². The Bertz CT molecular complexity index is 738. The highest BCUT2D eigenvalue weighted by Gasteiger charge is 2.35. The largest absolute Gasteiger partial charge is 0.348 e. The molecule has 1 saturated heterocycles. The van der Waals surface area contributed by atoms with Gasteiger partial charge in [-0.25, -0.2) is 0 Å². The van der Waals surface area contributed by atoms with Gasteiger partial charge in [0.15, 0.2) is 5.82 Å². The average Bonchev–Trinajstić information content (AvgIpc) is 3.19. The molecular weight excluding hydrogens is 306 g/mol. The number of hydrogen-bond acceptors (Lipinski definition) is 4. The van der Waals surface area contributed by atoms with Crippen molar-refractivity contribution in [3.8, 4) is 0 Å². The van der Waals surface area contributed by atoms with Gasteiger partial charge in [-0.2, -0.15) is 0 Å². The molecule has 1 N–H and O–H groups in total. The van der Waals surface area contributed by atoms with Crippen LogP contribution in [0, 0.1) is 12.8 Å². The van der Waals surface area contributed by atoms with Crippen molar-refractivity contribution < 1.29 is 9.59 Å². The highest BCUT2D eigenvalue weighted by molar-refractivity contribution is 6.00. The number of nitrogens with zero attached hydrogens (tertiary/aromatic N) is 4. The molecule has 0 radical (unpaired) electrons. The van der Waals surface area contributed by atoms with Gasteiger partial charge in [-0.3, -0.25) is 9.59 Å². The lowest BCUT2D eigenvalue weighted by molar-refractivity contribution is -0.126. The van der Waals surface area contributed by atoms with Gasteiger partial charge in [-0.1, -0.05) is 17.7 Å². The predicted molar refractivity (Wildman–Crippen MR) is 89.2 cm³/mol. The number of aryl methyl sites for hydroxylation is 2. The number of hydrogen-bond donors (Lipinski definition) is 1. The maximum absolute atomic E-state index is 12.4. The zero-order valence-electron chi connectivity index (χ0n) is 13.9. The van der Waals surface area contributed by atoms with Crippen LogP contribution in [0.2, 0.25) is 0 Å². The molecule has 1 aliphatic rings. The van der Waals surface area contributed by atoms with Gasteiger partial charge in [0.2, 0.25) is 11.8 Å². The van der Waals surface area contributed by atoms with Gasteiger partial charge in [0, 0.05) is 25.2 Å². The van der Waals surface area contributed by atoms with Crippen LogP contribution in [0.1, 0.15) is 24.7 Å². The Morgan fingerprint density at radius 1 is 1.33 bits per heavy atom. The minimum absolute atomic E-state index is 0.0178. The van der Waals surface area contributed by atoms with Crippen molar-refractivity contribution in [2.24, 2.45) is 5.92 Å². The van der Waals surface area contributed by atoms with Crippen molar-refractivity contribution in [3.05, 3.63) is 42.0 Å². The van der Waals surface area contributed by atoms with Crippen LogP contribution in [-0.2, 0) is 22.7 Å². The summed E-state index contributed by atoms with van der Waals surface area (Å²) in [6.45, 7) is 5.47. The zero-order chi connectivity index (χ0) is 17.1. The van der Waals surface area contributed by atoms with E-state index in [1.54, 1.807) is 11.2 Å². The molecule has 1 aromatic carbocycles. The second kappa shape index (κ2) is 6.82. The molecule has 0 saturated carbocycles. The first-order valence-corrected chi connectivity index (χ1v) is 8.10. The van der Waals surface area contributed by atoms with E-state index in [9.17, 15) is 9.59 Å². The van der Waals surface area contributed by atoms with Gasteiger partial charge in [0.1, 0.15) is 6.33 Å². The molecule has 2 amide bonds. The molecule has 7 heteroatoms. The topological polar surface area (TPSA) is 80.1 Å². The lowest BCUT2D eigenvalue weighted by Crippen LogP contribution is -2.33. The molecule has 0 spiro atoms. The maximum Gasteiger partial charge on any atom is 0.227 e. The van der Waals surface area contributed by atoms with Gasteiger partial charge >= 0.3 is 0 Å². The summed E-state index contributed by atoms with van der Waals surface area (Å²) in [4.78, 5) is 26.3. The summed E-state index contributed by atoms with van der Waals surface area (Å²) < 4.78 is 1.87. The first-order valence-electron chi connectivity index (χ1n) is 8.10. The van der Waals surface area contributed by atoms with Crippen LogP contribution >= 0.6 is 0 Å². The Kier molecular flexibility index (Phi) is 4.59. The van der Waals surface area contributed by atoms with Crippen molar-refractivity contribution in [2.45, 2.75) is 33.4 Å². The van der Waals surface area contributed by atoms with E-state index >= 15 is 0 Å². The maximum atomic E-state index is 12.4. The molecule has 1 aromatic heterocycles. The number of nitrogens with one attached hydrogen (secondary N) is 1. The minimum atomic E-state index is -0.336. The summed E-state index contributed by atoms with van der Waals surface area (Å²) >= 11 is 0. The second-order valence-corrected chi connectivity index (χ2v) is 5.99. The second-order valence-electron chi connectivity index (χ2n) is 5.99. The van der Waals surface area contributed by atoms with E-state index in [0.717, 1.165) is 17.8 Å². The number of anilines is 1. The van der Waals surface area contributed by atoms with Crippen LogP contribution in [0.25, 0.3) is 0 Å². The molecule has 1 fully saturated rings. The summed E-state index contributed by atoms with van der Waals surface area (Å²) in [5, 5.41) is 10.7. The third-order valence-corrected chi connectivity index (χ3v) is 4.30. The zero-order valence-corrected chi connectivity index (χ0v) is 13.9. The van der Waals surface area contributed by atoms with E-state index < -0.39 is 0 Å². The summed E-state index contributed by atoms with van der Waals surface area (Å²) in [7, 11) is 0. The van der Waals surface area contributed by atoms with Gasteiger partial charge in [0.05, 0.1) is 12.5 Å². The van der Waals surface area contributed by atoms with Crippen LogP contribution in [0.5, 0.6) is 0 Å². The van der Waals surface area contributed by atoms with Crippen molar-refractivity contribution in [1.82, 2.24) is 20.1 Å². The van der Waals surface area contributed by atoms with E-state index in [1.165, 1.54) is 0 Å². The molecular formula is C17H21N5O2. The van der Waals surface area contributed by atoms with E-state index in [1.807, 2.05) is 42.7 Å². The molecule has 126 valence electrons. The van der Waals surface area contributed by atoms with Crippen LogP contribution in [-0.4, -0.2) is 33.1 Å². The number of benzene rings is 1. The summed E-state index contributed by atoms with van der Waals surface area (Å²) in [6, 6.07) is 7.76.